The minimum atomic E-state index is -0.0980. The Balaban J connectivity index is 1.02. The standard InChI is InChI=1S/C35H36N2O2/c38-34-28(19-22-37-20-17-26(18-21-37)25-7-2-1-3-8-25)13-14-29-23-30(15-16-33(29)34)35(39)36-24-31-11-6-10-27-9-4-5-12-32(27)31/h1-12,15-16,23,26,28H,13-14,17-22,24H2,(H,36,39). The molecule has 1 aliphatic carbocycles. The maximum absolute atomic E-state index is 13.3. The number of hydrogen-bond acceptors (Lipinski definition) is 3. The molecule has 1 heterocycles. The van der Waals surface area contributed by atoms with Gasteiger partial charge in [-0.2, -0.15) is 0 Å². The average Bonchev–Trinajstić information content (AvgIpc) is 3.00. The molecule has 4 nitrogen and oxygen atoms in total. The molecule has 1 N–H and O–H groups in total. The first-order valence-corrected chi connectivity index (χ1v) is 14.3. The lowest BCUT2D eigenvalue weighted by Gasteiger charge is -2.33. The molecule has 1 aliphatic heterocycles. The first-order valence-electron chi connectivity index (χ1n) is 14.3. The first-order chi connectivity index (χ1) is 19.2. The minimum absolute atomic E-state index is 0.0791. The molecular weight excluding hydrogens is 480 g/mol. The van der Waals surface area contributed by atoms with Crippen LogP contribution in [0, 0.1) is 5.92 Å². The molecular formula is C35H36N2O2. The summed E-state index contributed by atoms with van der Waals surface area (Å²) in [4.78, 5) is 28.8. The number of nitrogens with zero attached hydrogens (tertiary/aromatic N) is 1. The lowest BCUT2D eigenvalue weighted by molar-refractivity contribution is 0.0875. The molecule has 4 heteroatoms. The Labute approximate surface area is 231 Å². The zero-order valence-corrected chi connectivity index (χ0v) is 22.4. The van der Waals surface area contributed by atoms with Gasteiger partial charge >= 0.3 is 0 Å². The van der Waals surface area contributed by atoms with E-state index < -0.39 is 0 Å². The molecule has 1 saturated heterocycles. The fraction of sp³-hybridized carbons (Fsp3) is 0.314. The number of amides is 1. The Bertz CT molecular complexity index is 1470. The van der Waals surface area contributed by atoms with Crippen LogP contribution in [0.15, 0.2) is 91.0 Å². The minimum Gasteiger partial charge on any atom is -0.348 e. The number of carbonyl (C=O) groups excluding carboxylic acids is 2. The molecule has 1 atom stereocenters. The Kier molecular flexibility index (Phi) is 7.55. The zero-order chi connectivity index (χ0) is 26.6. The van der Waals surface area contributed by atoms with E-state index in [4.69, 9.17) is 0 Å². The average molecular weight is 517 g/mol. The van der Waals surface area contributed by atoms with Crippen molar-refractivity contribution < 1.29 is 9.59 Å². The van der Waals surface area contributed by atoms with E-state index in [9.17, 15) is 9.59 Å². The number of piperidine rings is 1. The molecule has 0 bridgehead atoms. The molecule has 0 spiro atoms. The fourth-order valence-electron chi connectivity index (χ4n) is 6.42. The van der Waals surface area contributed by atoms with Gasteiger partial charge < -0.3 is 10.2 Å². The van der Waals surface area contributed by atoms with Crippen molar-refractivity contribution in [3.8, 4) is 0 Å². The molecule has 1 amide bonds. The Hall–Kier alpha value is -3.76. The van der Waals surface area contributed by atoms with Crippen LogP contribution in [-0.2, 0) is 13.0 Å². The first kappa shape index (κ1) is 25.5. The second-order valence-corrected chi connectivity index (χ2v) is 11.1. The zero-order valence-electron chi connectivity index (χ0n) is 22.4. The third-order valence-electron chi connectivity index (χ3n) is 8.74. The van der Waals surface area contributed by atoms with Gasteiger partial charge in [-0.25, -0.2) is 0 Å². The van der Waals surface area contributed by atoms with Crippen molar-refractivity contribution >= 4 is 22.5 Å². The van der Waals surface area contributed by atoms with Crippen molar-refractivity contribution in [1.29, 1.82) is 0 Å². The number of aryl methyl sites for hydroxylation is 1. The smallest absolute Gasteiger partial charge is 0.251 e. The van der Waals surface area contributed by atoms with Crippen LogP contribution in [0.25, 0.3) is 10.8 Å². The van der Waals surface area contributed by atoms with Gasteiger partial charge in [0.05, 0.1) is 0 Å². The maximum Gasteiger partial charge on any atom is 0.251 e. The van der Waals surface area contributed by atoms with Gasteiger partial charge in [-0.3, -0.25) is 9.59 Å². The van der Waals surface area contributed by atoms with Gasteiger partial charge in [-0.1, -0.05) is 78.9 Å². The SMILES string of the molecule is O=C(NCc1cccc2ccccc12)c1ccc2c(c1)CCC(CCN1CCC(c3ccccc3)CC1)C2=O. The normalized spacial score (nSPS) is 18.2. The third kappa shape index (κ3) is 5.67. The highest BCUT2D eigenvalue weighted by molar-refractivity contribution is 6.02. The van der Waals surface area contributed by atoms with E-state index in [-0.39, 0.29) is 17.6 Å². The molecule has 0 radical (unpaired) electrons. The number of carbonyl (C=O) groups is 2. The Morgan fingerprint density at radius 1 is 0.846 bits per heavy atom. The topological polar surface area (TPSA) is 49.4 Å². The van der Waals surface area contributed by atoms with Gasteiger partial charge in [0.2, 0.25) is 0 Å². The molecule has 0 aromatic heterocycles. The summed E-state index contributed by atoms with van der Waals surface area (Å²) in [7, 11) is 0. The molecule has 6 rings (SSSR count). The van der Waals surface area contributed by atoms with Gasteiger partial charge in [-0.05, 0) is 97.3 Å². The van der Waals surface area contributed by atoms with Crippen molar-refractivity contribution in [2.75, 3.05) is 19.6 Å². The van der Waals surface area contributed by atoms with Crippen molar-refractivity contribution in [3.05, 3.63) is 119 Å². The van der Waals surface area contributed by atoms with Crippen LogP contribution in [0.3, 0.4) is 0 Å². The summed E-state index contributed by atoms with van der Waals surface area (Å²) in [6.45, 7) is 3.67. The van der Waals surface area contributed by atoms with E-state index in [2.05, 4.69) is 64.8 Å². The highest BCUT2D eigenvalue weighted by Gasteiger charge is 2.29. The summed E-state index contributed by atoms with van der Waals surface area (Å²) in [6, 6.07) is 30.9. The monoisotopic (exact) mass is 516 g/mol. The summed E-state index contributed by atoms with van der Waals surface area (Å²) in [5, 5.41) is 5.40. The van der Waals surface area contributed by atoms with Crippen LogP contribution in [0.5, 0.6) is 0 Å². The van der Waals surface area contributed by atoms with Crippen LogP contribution in [-0.4, -0.2) is 36.2 Å². The number of rotatable bonds is 7. The summed E-state index contributed by atoms with van der Waals surface area (Å²) in [5.74, 6) is 0.886. The highest BCUT2D eigenvalue weighted by atomic mass is 16.1. The summed E-state index contributed by atoms with van der Waals surface area (Å²) >= 11 is 0. The van der Waals surface area contributed by atoms with Crippen molar-refractivity contribution in [1.82, 2.24) is 10.2 Å². The lowest BCUT2D eigenvalue weighted by Crippen LogP contribution is -2.35. The number of fused-ring (bicyclic) bond motifs is 2. The maximum atomic E-state index is 13.3. The molecule has 1 fully saturated rings. The molecule has 4 aromatic rings. The number of hydrogen-bond donors (Lipinski definition) is 1. The molecule has 39 heavy (non-hydrogen) atoms. The predicted molar refractivity (Wildman–Crippen MR) is 157 cm³/mol. The van der Waals surface area contributed by atoms with Crippen LogP contribution < -0.4 is 5.32 Å². The molecule has 2 aliphatic rings. The molecule has 0 saturated carbocycles. The summed E-state index contributed by atoms with van der Waals surface area (Å²) in [5.41, 5.74) is 5.00. The number of benzene rings is 4. The summed E-state index contributed by atoms with van der Waals surface area (Å²) < 4.78 is 0. The number of nitrogens with one attached hydrogen (secondary N) is 1. The van der Waals surface area contributed by atoms with E-state index >= 15 is 0 Å². The van der Waals surface area contributed by atoms with Gasteiger partial charge in [0.25, 0.3) is 5.91 Å². The van der Waals surface area contributed by atoms with Gasteiger partial charge in [0.15, 0.2) is 5.78 Å². The van der Waals surface area contributed by atoms with Crippen molar-refractivity contribution in [2.24, 2.45) is 5.92 Å². The Morgan fingerprint density at radius 2 is 1.62 bits per heavy atom. The van der Waals surface area contributed by atoms with Crippen molar-refractivity contribution in [3.63, 3.8) is 0 Å². The number of likely N-dealkylation sites (tertiary alicyclic amines) is 1. The molecule has 4 aromatic carbocycles. The van der Waals surface area contributed by atoms with E-state index in [1.807, 2.05) is 36.4 Å². The third-order valence-corrected chi connectivity index (χ3v) is 8.74. The van der Waals surface area contributed by atoms with E-state index in [0.717, 1.165) is 61.0 Å². The predicted octanol–water partition coefficient (Wildman–Crippen LogP) is 6.78. The quantitative estimate of drug-likeness (QED) is 0.294. The summed E-state index contributed by atoms with van der Waals surface area (Å²) in [6.07, 6.45) is 5.02. The number of ketones is 1. The largest absolute Gasteiger partial charge is 0.348 e. The van der Waals surface area contributed by atoms with E-state index in [1.54, 1.807) is 0 Å². The van der Waals surface area contributed by atoms with E-state index in [1.165, 1.54) is 23.8 Å². The molecule has 1 unspecified atom stereocenters. The van der Waals surface area contributed by atoms with Crippen molar-refractivity contribution in [2.45, 2.75) is 44.6 Å². The van der Waals surface area contributed by atoms with Gasteiger partial charge in [0, 0.05) is 23.6 Å². The van der Waals surface area contributed by atoms with Crippen LogP contribution in [0.1, 0.15) is 69.0 Å². The second-order valence-electron chi connectivity index (χ2n) is 11.1. The lowest BCUT2D eigenvalue weighted by atomic mass is 9.80. The molecule has 198 valence electrons. The fourth-order valence-corrected chi connectivity index (χ4v) is 6.42. The van der Waals surface area contributed by atoms with Crippen LogP contribution in [0.2, 0.25) is 0 Å². The van der Waals surface area contributed by atoms with Crippen LogP contribution >= 0.6 is 0 Å². The van der Waals surface area contributed by atoms with Gasteiger partial charge in [-0.15, -0.1) is 0 Å². The van der Waals surface area contributed by atoms with Gasteiger partial charge in [0.1, 0.15) is 0 Å². The second kappa shape index (κ2) is 11.5. The van der Waals surface area contributed by atoms with Crippen LogP contribution in [0.4, 0.5) is 0 Å². The van der Waals surface area contributed by atoms with E-state index in [0.29, 0.717) is 18.0 Å². The number of Topliss-reactive ketones (excluding diaryl/α,β-unsaturated/α-hetero) is 1. The highest BCUT2D eigenvalue weighted by Crippen LogP contribution is 2.31. The Morgan fingerprint density at radius 3 is 2.46 bits per heavy atom.